The molecular weight excluding hydrogens is 433 g/mol. The van der Waals surface area contributed by atoms with Crippen molar-refractivity contribution < 1.29 is 23.5 Å². The molecule has 1 unspecified atom stereocenters. The van der Waals surface area contributed by atoms with Gasteiger partial charge in [-0.05, 0) is 49.8 Å². The van der Waals surface area contributed by atoms with Crippen molar-refractivity contribution in [2.75, 3.05) is 0 Å². The van der Waals surface area contributed by atoms with Gasteiger partial charge in [-0.1, -0.05) is 24.3 Å². The standard InChI is InChI=1S/C23H22FN3O4S/c1-15(31-21-9-4-3-8-20(21)24)23(29)27-26-22(28)11-10-17-6-5-7-19(12-17)30-13-18-14-32-16(2)25-18/h3-12,14-15H,13H2,1-2H3,(H,26,28)(H,27,29)/b11-10+. The molecule has 7 nitrogen and oxygen atoms in total. The van der Waals surface area contributed by atoms with E-state index in [0.717, 1.165) is 16.3 Å². The smallest absolute Gasteiger partial charge is 0.279 e. The van der Waals surface area contributed by atoms with Gasteiger partial charge in [0.25, 0.3) is 11.8 Å². The molecule has 0 aliphatic carbocycles. The highest BCUT2D eigenvalue weighted by Gasteiger charge is 2.16. The zero-order valence-electron chi connectivity index (χ0n) is 17.5. The van der Waals surface area contributed by atoms with Gasteiger partial charge in [0, 0.05) is 11.5 Å². The molecule has 166 valence electrons. The van der Waals surface area contributed by atoms with Gasteiger partial charge in [-0.3, -0.25) is 20.4 Å². The summed E-state index contributed by atoms with van der Waals surface area (Å²) in [5.41, 5.74) is 6.11. The fourth-order valence-corrected chi connectivity index (χ4v) is 3.16. The van der Waals surface area contributed by atoms with E-state index in [1.54, 1.807) is 29.5 Å². The Hall–Kier alpha value is -3.72. The first-order valence-electron chi connectivity index (χ1n) is 9.73. The van der Waals surface area contributed by atoms with Crippen LogP contribution in [0.15, 0.2) is 60.0 Å². The lowest BCUT2D eigenvalue weighted by molar-refractivity contribution is -0.131. The van der Waals surface area contributed by atoms with Gasteiger partial charge in [0.15, 0.2) is 17.7 Å². The first kappa shape index (κ1) is 23.0. The molecule has 1 atom stereocenters. The third kappa shape index (κ3) is 6.92. The Bertz CT molecular complexity index is 1120. The van der Waals surface area contributed by atoms with Crippen molar-refractivity contribution in [3.63, 3.8) is 0 Å². The van der Waals surface area contributed by atoms with Crippen LogP contribution in [0, 0.1) is 12.7 Å². The molecule has 0 fully saturated rings. The summed E-state index contributed by atoms with van der Waals surface area (Å²) in [6.45, 7) is 3.74. The maximum absolute atomic E-state index is 13.6. The molecule has 3 rings (SSSR count). The number of hydrazine groups is 1. The molecule has 9 heteroatoms. The largest absolute Gasteiger partial charge is 0.487 e. The molecule has 0 saturated heterocycles. The SMILES string of the molecule is Cc1nc(COc2cccc(/C=C/C(=O)NNC(=O)C(C)Oc3ccccc3F)c2)cs1. The molecule has 2 amide bonds. The van der Waals surface area contributed by atoms with Crippen LogP contribution in [0.4, 0.5) is 4.39 Å². The van der Waals surface area contributed by atoms with Gasteiger partial charge in [-0.15, -0.1) is 11.3 Å². The summed E-state index contributed by atoms with van der Waals surface area (Å²) in [7, 11) is 0. The minimum atomic E-state index is -1.01. The van der Waals surface area contributed by atoms with Gasteiger partial charge in [0.2, 0.25) is 0 Å². The quantitative estimate of drug-likeness (QED) is 0.398. The maximum Gasteiger partial charge on any atom is 0.279 e. The number of hydrogen-bond donors (Lipinski definition) is 2. The molecule has 0 aliphatic rings. The molecular formula is C23H22FN3O4S. The highest BCUT2D eigenvalue weighted by atomic mass is 32.1. The second kappa shape index (κ2) is 11.1. The molecule has 1 aromatic heterocycles. The van der Waals surface area contributed by atoms with Gasteiger partial charge >= 0.3 is 0 Å². The number of amides is 2. The first-order valence-corrected chi connectivity index (χ1v) is 10.6. The van der Waals surface area contributed by atoms with Crippen LogP contribution in [0.25, 0.3) is 6.08 Å². The zero-order chi connectivity index (χ0) is 22.9. The molecule has 0 radical (unpaired) electrons. The van der Waals surface area contributed by atoms with E-state index in [2.05, 4.69) is 15.8 Å². The fourth-order valence-electron chi connectivity index (χ4n) is 2.56. The summed E-state index contributed by atoms with van der Waals surface area (Å²) in [6, 6.07) is 13.0. The van der Waals surface area contributed by atoms with Crippen molar-refractivity contribution in [1.29, 1.82) is 0 Å². The van der Waals surface area contributed by atoms with Crippen LogP contribution in [-0.4, -0.2) is 22.9 Å². The topological polar surface area (TPSA) is 89.5 Å². The molecule has 0 saturated carbocycles. The van der Waals surface area contributed by atoms with Crippen LogP contribution < -0.4 is 20.3 Å². The highest BCUT2D eigenvalue weighted by Crippen LogP contribution is 2.18. The highest BCUT2D eigenvalue weighted by molar-refractivity contribution is 7.09. The average molecular weight is 456 g/mol. The van der Waals surface area contributed by atoms with Crippen LogP contribution in [0.1, 0.15) is 23.2 Å². The van der Waals surface area contributed by atoms with E-state index in [0.29, 0.717) is 12.4 Å². The van der Waals surface area contributed by atoms with Gasteiger partial charge in [0.05, 0.1) is 10.7 Å². The Morgan fingerprint density at radius 3 is 2.75 bits per heavy atom. The Morgan fingerprint density at radius 1 is 1.19 bits per heavy atom. The summed E-state index contributed by atoms with van der Waals surface area (Å²) < 4.78 is 24.6. The van der Waals surface area contributed by atoms with E-state index < -0.39 is 23.7 Å². The number of benzene rings is 2. The second-order valence-corrected chi connectivity index (χ2v) is 7.78. The minimum Gasteiger partial charge on any atom is -0.487 e. The predicted molar refractivity (Wildman–Crippen MR) is 119 cm³/mol. The first-order chi connectivity index (χ1) is 15.4. The molecule has 2 aromatic carbocycles. The van der Waals surface area contributed by atoms with Crippen LogP contribution >= 0.6 is 11.3 Å². The van der Waals surface area contributed by atoms with Crippen LogP contribution in [-0.2, 0) is 16.2 Å². The van der Waals surface area contributed by atoms with Crippen molar-refractivity contribution >= 4 is 29.2 Å². The third-order valence-electron chi connectivity index (χ3n) is 4.16. The van der Waals surface area contributed by atoms with E-state index in [1.807, 2.05) is 30.5 Å². The summed E-state index contributed by atoms with van der Waals surface area (Å²) in [6.07, 6.45) is 1.85. The molecule has 1 heterocycles. The maximum atomic E-state index is 13.6. The van der Waals surface area contributed by atoms with Crippen LogP contribution in [0.5, 0.6) is 11.5 Å². The number of para-hydroxylation sites is 1. The van der Waals surface area contributed by atoms with Crippen molar-refractivity contribution in [2.45, 2.75) is 26.6 Å². The number of carbonyl (C=O) groups is 2. The normalized spacial score (nSPS) is 11.7. The number of ether oxygens (including phenoxy) is 2. The number of halogens is 1. The fraction of sp³-hybridized carbons (Fsp3) is 0.174. The molecule has 0 aliphatic heterocycles. The average Bonchev–Trinajstić information content (AvgIpc) is 3.21. The monoisotopic (exact) mass is 455 g/mol. The third-order valence-corrected chi connectivity index (χ3v) is 4.98. The predicted octanol–water partition coefficient (Wildman–Crippen LogP) is 3.80. The lowest BCUT2D eigenvalue weighted by Crippen LogP contribution is -2.46. The summed E-state index contributed by atoms with van der Waals surface area (Å²) in [5.74, 6) is -1.14. The zero-order valence-corrected chi connectivity index (χ0v) is 18.3. The Labute approximate surface area is 188 Å². The van der Waals surface area contributed by atoms with Gasteiger partial charge in [0.1, 0.15) is 12.4 Å². The summed E-state index contributed by atoms with van der Waals surface area (Å²) in [4.78, 5) is 28.4. The number of aromatic nitrogens is 1. The van der Waals surface area contributed by atoms with E-state index in [9.17, 15) is 14.0 Å². The summed E-state index contributed by atoms with van der Waals surface area (Å²) in [5, 5.41) is 2.92. The number of hydrogen-bond acceptors (Lipinski definition) is 6. The van der Waals surface area contributed by atoms with Crippen molar-refractivity contribution in [3.8, 4) is 11.5 Å². The number of rotatable bonds is 8. The Morgan fingerprint density at radius 2 is 2.00 bits per heavy atom. The Balaban J connectivity index is 1.46. The van der Waals surface area contributed by atoms with E-state index in [-0.39, 0.29) is 5.75 Å². The minimum absolute atomic E-state index is 0.0478. The van der Waals surface area contributed by atoms with Crippen LogP contribution in [0.2, 0.25) is 0 Å². The van der Waals surface area contributed by atoms with E-state index in [1.165, 1.54) is 31.2 Å². The van der Waals surface area contributed by atoms with Crippen molar-refractivity contribution in [2.24, 2.45) is 0 Å². The Kier molecular flexibility index (Phi) is 7.93. The molecule has 3 aromatic rings. The number of aryl methyl sites for hydroxylation is 1. The molecule has 0 bridgehead atoms. The number of carbonyl (C=O) groups excluding carboxylic acids is 2. The number of nitrogens with zero attached hydrogens (tertiary/aromatic N) is 1. The molecule has 32 heavy (non-hydrogen) atoms. The summed E-state index contributed by atoms with van der Waals surface area (Å²) >= 11 is 1.56. The van der Waals surface area contributed by atoms with Gasteiger partial charge in [-0.25, -0.2) is 9.37 Å². The number of nitrogens with one attached hydrogen (secondary N) is 2. The van der Waals surface area contributed by atoms with Crippen molar-refractivity contribution in [3.05, 3.63) is 82.1 Å². The number of thiazole rings is 1. The second-order valence-electron chi connectivity index (χ2n) is 6.72. The van der Waals surface area contributed by atoms with Crippen LogP contribution in [0.3, 0.4) is 0 Å². The van der Waals surface area contributed by atoms with E-state index in [4.69, 9.17) is 9.47 Å². The van der Waals surface area contributed by atoms with Gasteiger partial charge in [-0.2, -0.15) is 0 Å². The molecule has 0 spiro atoms. The molecule has 2 N–H and O–H groups in total. The lowest BCUT2D eigenvalue weighted by atomic mass is 10.2. The lowest BCUT2D eigenvalue weighted by Gasteiger charge is -2.15. The van der Waals surface area contributed by atoms with Gasteiger partial charge < -0.3 is 9.47 Å². The van der Waals surface area contributed by atoms with E-state index >= 15 is 0 Å². The van der Waals surface area contributed by atoms with Crippen molar-refractivity contribution in [1.82, 2.24) is 15.8 Å².